The summed E-state index contributed by atoms with van der Waals surface area (Å²) in [4.78, 5) is 13.4. The Balaban J connectivity index is 2.31. The van der Waals surface area contributed by atoms with Crippen molar-refractivity contribution in [3.8, 4) is 52.4 Å². The summed E-state index contributed by atoms with van der Waals surface area (Å²) >= 11 is 0. The summed E-state index contributed by atoms with van der Waals surface area (Å²) in [5.41, 5.74) is 2.11. The number of benzene rings is 3. The third-order valence-corrected chi connectivity index (χ3v) is 5.46. The Kier molecular flexibility index (Phi) is 9.91. The van der Waals surface area contributed by atoms with E-state index in [-0.39, 0.29) is 40.5 Å². The monoisotopic (exact) mass is 514 g/mol. The number of hydrogen-bond donors (Lipinski definition) is 0. The van der Waals surface area contributed by atoms with Crippen LogP contribution in [0.2, 0.25) is 0 Å². The van der Waals surface area contributed by atoms with Crippen LogP contribution in [0.1, 0.15) is 46.0 Å². The van der Waals surface area contributed by atoms with Crippen molar-refractivity contribution in [1.82, 2.24) is 0 Å². The van der Waals surface area contributed by atoms with Crippen molar-refractivity contribution >= 4 is 5.97 Å². The van der Waals surface area contributed by atoms with Gasteiger partial charge in [0.2, 0.25) is 5.75 Å². The Bertz CT molecular complexity index is 1290. The van der Waals surface area contributed by atoms with E-state index in [9.17, 15) is 4.79 Å². The summed E-state index contributed by atoms with van der Waals surface area (Å²) in [5, 5.41) is 0. The first-order valence-corrected chi connectivity index (χ1v) is 11.9. The molecular formula is C31H30O7. The third-order valence-electron chi connectivity index (χ3n) is 5.46. The standard InChI is InChI=1S/C31H30O7/c1-7-20-38-31(32)27-25(18-12-21-8-14-23(33-2)15-9-21)28(35-4)30(37-6)29(36-5)26(27)19-13-22-10-16-24(34-3)17-11-22/h8-11,14-17H,7,20H2,1-6H3. The second-order valence-corrected chi connectivity index (χ2v) is 7.82. The third kappa shape index (κ3) is 6.32. The van der Waals surface area contributed by atoms with E-state index in [1.165, 1.54) is 21.3 Å². The van der Waals surface area contributed by atoms with Gasteiger partial charge in [-0.2, -0.15) is 0 Å². The molecule has 0 aliphatic rings. The highest BCUT2D eigenvalue weighted by Gasteiger charge is 2.30. The number of carbonyl (C=O) groups is 1. The average molecular weight is 515 g/mol. The van der Waals surface area contributed by atoms with Crippen LogP contribution in [0.25, 0.3) is 0 Å². The molecule has 0 bridgehead atoms. The van der Waals surface area contributed by atoms with Crippen molar-refractivity contribution in [3.63, 3.8) is 0 Å². The minimum Gasteiger partial charge on any atom is -0.497 e. The maximum absolute atomic E-state index is 13.4. The van der Waals surface area contributed by atoms with Crippen LogP contribution in [-0.2, 0) is 4.74 Å². The van der Waals surface area contributed by atoms with E-state index in [1.807, 2.05) is 31.2 Å². The molecule has 0 aliphatic heterocycles. The van der Waals surface area contributed by atoms with Gasteiger partial charge in [-0.1, -0.05) is 30.6 Å². The topological polar surface area (TPSA) is 72.5 Å². The first-order chi connectivity index (χ1) is 18.5. The van der Waals surface area contributed by atoms with Gasteiger partial charge in [0, 0.05) is 11.1 Å². The minimum atomic E-state index is -0.593. The molecule has 0 aliphatic carbocycles. The number of esters is 1. The van der Waals surface area contributed by atoms with Gasteiger partial charge in [-0.05, 0) is 55.0 Å². The van der Waals surface area contributed by atoms with E-state index in [4.69, 9.17) is 28.4 Å². The Morgan fingerprint density at radius 1 is 0.605 bits per heavy atom. The highest BCUT2D eigenvalue weighted by molar-refractivity contribution is 5.99. The van der Waals surface area contributed by atoms with Gasteiger partial charge in [-0.15, -0.1) is 0 Å². The van der Waals surface area contributed by atoms with Gasteiger partial charge in [-0.25, -0.2) is 4.79 Å². The molecule has 0 unspecified atom stereocenters. The summed E-state index contributed by atoms with van der Waals surface area (Å²) < 4.78 is 33.0. The summed E-state index contributed by atoms with van der Waals surface area (Å²) in [6, 6.07) is 14.5. The van der Waals surface area contributed by atoms with Crippen LogP contribution in [0.3, 0.4) is 0 Å². The van der Waals surface area contributed by atoms with Gasteiger partial charge >= 0.3 is 5.97 Å². The lowest BCUT2D eigenvalue weighted by atomic mass is 9.97. The second-order valence-electron chi connectivity index (χ2n) is 7.82. The molecule has 38 heavy (non-hydrogen) atoms. The van der Waals surface area contributed by atoms with Crippen molar-refractivity contribution in [2.45, 2.75) is 13.3 Å². The predicted molar refractivity (Wildman–Crippen MR) is 145 cm³/mol. The largest absolute Gasteiger partial charge is 0.497 e. The molecule has 0 spiro atoms. The molecule has 7 heteroatoms. The van der Waals surface area contributed by atoms with Crippen molar-refractivity contribution < 1.29 is 33.2 Å². The molecular weight excluding hydrogens is 484 g/mol. The zero-order chi connectivity index (χ0) is 27.5. The van der Waals surface area contributed by atoms with E-state index in [0.29, 0.717) is 29.0 Å². The first kappa shape index (κ1) is 27.8. The number of rotatable bonds is 8. The molecule has 0 atom stereocenters. The molecule has 0 N–H and O–H groups in total. The van der Waals surface area contributed by atoms with E-state index in [0.717, 1.165) is 0 Å². The predicted octanol–water partition coefficient (Wildman–Crippen LogP) is 5.10. The Morgan fingerprint density at radius 3 is 1.37 bits per heavy atom. The van der Waals surface area contributed by atoms with Gasteiger partial charge in [-0.3, -0.25) is 0 Å². The average Bonchev–Trinajstić information content (AvgIpc) is 2.97. The fraction of sp³-hybridized carbons (Fsp3) is 0.258. The number of methoxy groups -OCH3 is 5. The molecule has 3 rings (SSSR count). The maximum atomic E-state index is 13.4. The lowest BCUT2D eigenvalue weighted by Crippen LogP contribution is -2.13. The van der Waals surface area contributed by atoms with E-state index in [2.05, 4.69) is 23.7 Å². The van der Waals surface area contributed by atoms with Crippen LogP contribution in [0.15, 0.2) is 48.5 Å². The van der Waals surface area contributed by atoms with E-state index < -0.39 is 5.97 Å². The van der Waals surface area contributed by atoms with Gasteiger partial charge < -0.3 is 28.4 Å². The molecule has 0 amide bonds. The van der Waals surface area contributed by atoms with Crippen LogP contribution >= 0.6 is 0 Å². The summed E-state index contributed by atoms with van der Waals surface area (Å²) in [6.45, 7) is 2.14. The number of hydrogen-bond acceptors (Lipinski definition) is 7. The molecule has 0 saturated heterocycles. The molecule has 0 heterocycles. The number of carbonyl (C=O) groups excluding carboxylic acids is 1. The van der Waals surface area contributed by atoms with Gasteiger partial charge in [0.05, 0.1) is 58.8 Å². The molecule has 0 radical (unpaired) electrons. The van der Waals surface area contributed by atoms with Crippen LogP contribution in [0.5, 0.6) is 28.7 Å². The molecule has 0 aromatic heterocycles. The Hall–Kier alpha value is -4.75. The van der Waals surface area contributed by atoms with Crippen LogP contribution in [0, 0.1) is 23.7 Å². The van der Waals surface area contributed by atoms with Crippen LogP contribution in [0.4, 0.5) is 0 Å². The van der Waals surface area contributed by atoms with E-state index in [1.54, 1.807) is 38.5 Å². The van der Waals surface area contributed by atoms with Crippen molar-refractivity contribution in [1.29, 1.82) is 0 Å². The summed E-state index contributed by atoms with van der Waals surface area (Å²) in [6.07, 6.45) is 0.649. The first-order valence-electron chi connectivity index (χ1n) is 11.9. The highest BCUT2D eigenvalue weighted by atomic mass is 16.5. The van der Waals surface area contributed by atoms with Crippen molar-refractivity contribution in [2.24, 2.45) is 0 Å². The van der Waals surface area contributed by atoms with Crippen molar-refractivity contribution in [2.75, 3.05) is 42.2 Å². The fourth-order valence-corrected chi connectivity index (χ4v) is 3.58. The van der Waals surface area contributed by atoms with Gasteiger partial charge in [0.1, 0.15) is 11.5 Å². The molecule has 0 saturated carbocycles. The molecule has 196 valence electrons. The van der Waals surface area contributed by atoms with Crippen LogP contribution in [-0.4, -0.2) is 48.1 Å². The smallest absolute Gasteiger partial charge is 0.340 e. The Morgan fingerprint density at radius 2 is 1.03 bits per heavy atom. The normalized spacial score (nSPS) is 9.74. The van der Waals surface area contributed by atoms with Gasteiger partial charge in [0.15, 0.2) is 11.5 Å². The SMILES string of the molecule is CCCOC(=O)c1c(C#Cc2ccc(OC)cc2)c(OC)c(OC)c(OC)c1C#Cc1ccc(OC)cc1. The lowest BCUT2D eigenvalue weighted by molar-refractivity contribution is 0.0503. The summed E-state index contributed by atoms with van der Waals surface area (Å²) in [7, 11) is 7.62. The zero-order valence-corrected chi connectivity index (χ0v) is 22.4. The fourth-order valence-electron chi connectivity index (χ4n) is 3.58. The lowest BCUT2D eigenvalue weighted by Gasteiger charge is -2.19. The van der Waals surface area contributed by atoms with Gasteiger partial charge in [0.25, 0.3) is 0 Å². The highest BCUT2D eigenvalue weighted by Crippen LogP contribution is 2.45. The molecule has 3 aromatic rings. The second kappa shape index (κ2) is 13.5. The summed E-state index contributed by atoms with van der Waals surface area (Å²) in [5.74, 6) is 13.9. The molecule has 3 aromatic carbocycles. The molecule has 7 nitrogen and oxygen atoms in total. The zero-order valence-electron chi connectivity index (χ0n) is 22.4. The maximum Gasteiger partial charge on any atom is 0.340 e. The van der Waals surface area contributed by atoms with Crippen LogP contribution < -0.4 is 23.7 Å². The number of ether oxygens (including phenoxy) is 6. The quantitative estimate of drug-likeness (QED) is 0.306. The van der Waals surface area contributed by atoms with Crippen molar-refractivity contribution in [3.05, 3.63) is 76.3 Å². The minimum absolute atomic E-state index is 0.134. The molecule has 0 fully saturated rings. The Labute approximate surface area is 223 Å². The van der Waals surface area contributed by atoms with E-state index >= 15 is 0 Å².